The first-order chi connectivity index (χ1) is 9.60. The van der Waals surface area contributed by atoms with Crippen LogP contribution in [0.4, 0.5) is 0 Å². The predicted octanol–water partition coefficient (Wildman–Crippen LogP) is 1.86. The molecule has 1 aromatic carbocycles. The first kappa shape index (κ1) is 14.6. The molecule has 0 aliphatic carbocycles. The molecule has 2 rings (SSSR count). The van der Waals surface area contributed by atoms with Gasteiger partial charge in [0.15, 0.2) is 0 Å². The Hall–Kier alpha value is -1.85. The van der Waals surface area contributed by atoms with Crippen molar-refractivity contribution >= 4 is 17.5 Å². The molecule has 1 heterocycles. The number of hydrogen-bond acceptors (Lipinski definition) is 3. The Morgan fingerprint density at radius 2 is 2.10 bits per heavy atom. The summed E-state index contributed by atoms with van der Waals surface area (Å²) in [4.78, 5) is 12.0. The number of rotatable bonds is 5. The molecule has 20 heavy (non-hydrogen) atoms. The van der Waals surface area contributed by atoms with Gasteiger partial charge in [-0.15, -0.1) is 0 Å². The Balaban J connectivity index is 2.05. The SMILES string of the molecule is CNC(C)CNC(=O)c1cnn(-c2ccc(Cl)cc2)c1. The van der Waals surface area contributed by atoms with E-state index in [4.69, 9.17) is 11.6 Å². The third-order valence-corrected chi connectivity index (χ3v) is 3.25. The minimum Gasteiger partial charge on any atom is -0.350 e. The molecule has 0 fully saturated rings. The quantitative estimate of drug-likeness (QED) is 0.884. The highest BCUT2D eigenvalue weighted by Gasteiger charge is 2.10. The molecule has 0 aliphatic rings. The Labute approximate surface area is 122 Å². The van der Waals surface area contributed by atoms with Gasteiger partial charge < -0.3 is 10.6 Å². The predicted molar refractivity (Wildman–Crippen MR) is 79.4 cm³/mol. The molecule has 0 saturated carbocycles. The average Bonchev–Trinajstić information content (AvgIpc) is 2.95. The van der Waals surface area contributed by atoms with Gasteiger partial charge in [-0.1, -0.05) is 11.6 Å². The number of likely N-dealkylation sites (N-methyl/N-ethyl adjacent to an activating group) is 1. The van der Waals surface area contributed by atoms with E-state index in [9.17, 15) is 4.79 Å². The van der Waals surface area contributed by atoms with Crippen molar-refractivity contribution in [3.8, 4) is 5.69 Å². The molecule has 106 valence electrons. The Morgan fingerprint density at radius 3 is 2.75 bits per heavy atom. The number of nitrogens with one attached hydrogen (secondary N) is 2. The number of amides is 1. The summed E-state index contributed by atoms with van der Waals surface area (Å²) in [5, 5.41) is 10.8. The highest BCUT2D eigenvalue weighted by atomic mass is 35.5. The number of benzene rings is 1. The smallest absolute Gasteiger partial charge is 0.254 e. The van der Waals surface area contributed by atoms with Gasteiger partial charge in [0.25, 0.3) is 5.91 Å². The lowest BCUT2D eigenvalue weighted by molar-refractivity contribution is 0.0950. The molecule has 6 heteroatoms. The minimum atomic E-state index is -0.132. The summed E-state index contributed by atoms with van der Waals surface area (Å²) in [6.07, 6.45) is 3.25. The molecule has 0 radical (unpaired) electrons. The first-order valence-corrected chi connectivity index (χ1v) is 6.74. The van der Waals surface area contributed by atoms with E-state index < -0.39 is 0 Å². The van der Waals surface area contributed by atoms with Crippen LogP contribution in [-0.4, -0.2) is 35.3 Å². The lowest BCUT2D eigenvalue weighted by Gasteiger charge is -2.10. The van der Waals surface area contributed by atoms with E-state index in [2.05, 4.69) is 15.7 Å². The fraction of sp³-hybridized carbons (Fsp3) is 0.286. The summed E-state index contributed by atoms with van der Waals surface area (Å²) in [6, 6.07) is 7.49. The van der Waals surface area contributed by atoms with Gasteiger partial charge in [0.1, 0.15) is 0 Å². The van der Waals surface area contributed by atoms with Crippen molar-refractivity contribution in [3.63, 3.8) is 0 Å². The fourth-order valence-corrected chi connectivity index (χ4v) is 1.75. The van der Waals surface area contributed by atoms with Crippen LogP contribution in [0, 0.1) is 0 Å². The third kappa shape index (κ3) is 3.59. The van der Waals surface area contributed by atoms with Crippen LogP contribution in [0.5, 0.6) is 0 Å². The van der Waals surface area contributed by atoms with Gasteiger partial charge in [0.05, 0.1) is 17.4 Å². The maximum absolute atomic E-state index is 12.0. The van der Waals surface area contributed by atoms with Crippen molar-refractivity contribution in [1.82, 2.24) is 20.4 Å². The second kappa shape index (κ2) is 6.54. The highest BCUT2D eigenvalue weighted by molar-refractivity contribution is 6.30. The highest BCUT2D eigenvalue weighted by Crippen LogP contribution is 2.13. The van der Waals surface area contributed by atoms with Crippen LogP contribution in [0.2, 0.25) is 5.02 Å². The maximum atomic E-state index is 12.0. The molecule has 2 N–H and O–H groups in total. The number of halogens is 1. The van der Waals surface area contributed by atoms with E-state index in [1.807, 2.05) is 26.1 Å². The van der Waals surface area contributed by atoms with E-state index >= 15 is 0 Å². The Morgan fingerprint density at radius 1 is 1.40 bits per heavy atom. The summed E-state index contributed by atoms with van der Waals surface area (Å²) >= 11 is 5.84. The molecule has 1 aromatic heterocycles. The molecule has 2 aromatic rings. The van der Waals surface area contributed by atoms with Gasteiger partial charge >= 0.3 is 0 Å². The van der Waals surface area contributed by atoms with Gasteiger partial charge in [0.2, 0.25) is 0 Å². The number of aromatic nitrogens is 2. The van der Waals surface area contributed by atoms with Crippen LogP contribution in [0.3, 0.4) is 0 Å². The van der Waals surface area contributed by atoms with Crippen molar-refractivity contribution in [3.05, 3.63) is 47.2 Å². The summed E-state index contributed by atoms with van der Waals surface area (Å²) in [7, 11) is 1.86. The van der Waals surface area contributed by atoms with Crippen LogP contribution in [-0.2, 0) is 0 Å². The van der Waals surface area contributed by atoms with Crippen molar-refractivity contribution in [2.45, 2.75) is 13.0 Å². The van der Waals surface area contributed by atoms with E-state index in [0.717, 1.165) is 5.69 Å². The summed E-state index contributed by atoms with van der Waals surface area (Å²) < 4.78 is 1.65. The topological polar surface area (TPSA) is 58.9 Å². The van der Waals surface area contributed by atoms with Gasteiger partial charge in [-0.05, 0) is 38.2 Å². The van der Waals surface area contributed by atoms with Crippen LogP contribution in [0.25, 0.3) is 5.69 Å². The van der Waals surface area contributed by atoms with Crippen LogP contribution >= 0.6 is 11.6 Å². The largest absolute Gasteiger partial charge is 0.350 e. The average molecular weight is 293 g/mol. The lowest BCUT2D eigenvalue weighted by atomic mass is 10.3. The van der Waals surface area contributed by atoms with Crippen molar-refractivity contribution in [2.24, 2.45) is 0 Å². The fourth-order valence-electron chi connectivity index (χ4n) is 1.63. The second-order valence-electron chi connectivity index (χ2n) is 4.55. The zero-order valence-corrected chi connectivity index (χ0v) is 12.2. The monoisotopic (exact) mass is 292 g/mol. The molecule has 0 spiro atoms. The zero-order chi connectivity index (χ0) is 14.5. The molecular formula is C14H17ClN4O. The van der Waals surface area contributed by atoms with Gasteiger partial charge in [-0.3, -0.25) is 4.79 Å². The van der Waals surface area contributed by atoms with Crippen LogP contribution < -0.4 is 10.6 Å². The van der Waals surface area contributed by atoms with Gasteiger partial charge in [-0.25, -0.2) is 4.68 Å². The molecule has 0 saturated heterocycles. The number of carbonyl (C=O) groups excluding carboxylic acids is 1. The van der Waals surface area contributed by atoms with Crippen molar-refractivity contribution < 1.29 is 4.79 Å². The molecular weight excluding hydrogens is 276 g/mol. The lowest BCUT2D eigenvalue weighted by Crippen LogP contribution is -2.37. The van der Waals surface area contributed by atoms with E-state index in [0.29, 0.717) is 17.1 Å². The second-order valence-corrected chi connectivity index (χ2v) is 4.99. The first-order valence-electron chi connectivity index (χ1n) is 6.36. The Kier molecular flexibility index (Phi) is 4.76. The van der Waals surface area contributed by atoms with Crippen molar-refractivity contribution in [1.29, 1.82) is 0 Å². The number of nitrogens with zero attached hydrogens (tertiary/aromatic N) is 2. The number of carbonyl (C=O) groups is 1. The van der Waals surface area contributed by atoms with E-state index in [1.54, 1.807) is 29.2 Å². The standard InChI is InChI=1S/C14H17ClN4O/c1-10(16-2)7-17-14(20)11-8-18-19(9-11)13-5-3-12(15)4-6-13/h3-6,8-10,16H,7H2,1-2H3,(H,17,20). The minimum absolute atomic E-state index is 0.132. The Bertz CT molecular complexity index is 579. The number of hydrogen-bond donors (Lipinski definition) is 2. The normalized spacial score (nSPS) is 12.2. The van der Waals surface area contributed by atoms with E-state index in [-0.39, 0.29) is 11.9 Å². The molecule has 5 nitrogen and oxygen atoms in total. The molecule has 1 atom stereocenters. The molecule has 0 aliphatic heterocycles. The maximum Gasteiger partial charge on any atom is 0.254 e. The van der Waals surface area contributed by atoms with Crippen molar-refractivity contribution in [2.75, 3.05) is 13.6 Å². The molecule has 1 unspecified atom stereocenters. The summed E-state index contributed by atoms with van der Waals surface area (Å²) in [6.45, 7) is 2.57. The molecule has 0 bridgehead atoms. The van der Waals surface area contributed by atoms with Crippen LogP contribution in [0.15, 0.2) is 36.7 Å². The summed E-state index contributed by atoms with van der Waals surface area (Å²) in [5.41, 5.74) is 1.39. The third-order valence-electron chi connectivity index (χ3n) is 3.00. The van der Waals surface area contributed by atoms with Gasteiger partial charge in [0, 0.05) is 23.8 Å². The zero-order valence-electron chi connectivity index (χ0n) is 11.4. The summed E-state index contributed by atoms with van der Waals surface area (Å²) in [5.74, 6) is -0.132. The molecule has 1 amide bonds. The van der Waals surface area contributed by atoms with E-state index in [1.165, 1.54) is 0 Å². The van der Waals surface area contributed by atoms with Gasteiger partial charge in [-0.2, -0.15) is 5.10 Å². The van der Waals surface area contributed by atoms with Crippen LogP contribution in [0.1, 0.15) is 17.3 Å².